The number of hydrogen-bond donors (Lipinski definition) is 1. The van der Waals surface area contributed by atoms with E-state index in [1.54, 1.807) is 6.33 Å². The Hall–Kier alpha value is -3.22. The van der Waals surface area contributed by atoms with Gasteiger partial charge in [0, 0.05) is 40.9 Å². The van der Waals surface area contributed by atoms with E-state index < -0.39 is 0 Å². The SMILES string of the molecule is Clc1ccc(Nc2ncnc3cc(-c4ccc(N5CCOCC5)nc4)ccc23)cc1. The van der Waals surface area contributed by atoms with Gasteiger partial charge in [-0.25, -0.2) is 15.0 Å². The molecule has 2 aromatic heterocycles. The van der Waals surface area contributed by atoms with E-state index in [0.29, 0.717) is 5.02 Å². The normalized spacial score (nSPS) is 14.1. The first-order valence-electron chi connectivity index (χ1n) is 9.83. The Bertz CT molecular complexity index is 1160. The summed E-state index contributed by atoms with van der Waals surface area (Å²) in [5.74, 6) is 1.74. The zero-order chi connectivity index (χ0) is 20.3. The largest absolute Gasteiger partial charge is 0.378 e. The van der Waals surface area contributed by atoms with Crippen LogP contribution in [0.3, 0.4) is 0 Å². The van der Waals surface area contributed by atoms with Crippen LogP contribution in [0.25, 0.3) is 22.0 Å². The lowest BCUT2D eigenvalue weighted by atomic mass is 10.1. The number of nitrogens with one attached hydrogen (secondary N) is 1. The fourth-order valence-corrected chi connectivity index (χ4v) is 3.67. The Morgan fingerprint density at radius 1 is 0.867 bits per heavy atom. The highest BCUT2D eigenvalue weighted by atomic mass is 35.5. The molecule has 0 amide bonds. The summed E-state index contributed by atoms with van der Waals surface area (Å²) in [4.78, 5) is 15.8. The molecule has 150 valence electrons. The minimum Gasteiger partial charge on any atom is -0.378 e. The lowest BCUT2D eigenvalue weighted by molar-refractivity contribution is 0.122. The van der Waals surface area contributed by atoms with E-state index >= 15 is 0 Å². The molecule has 0 bridgehead atoms. The Balaban J connectivity index is 1.41. The van der Waals surface area contributed by atoms with E-state index in [4.69, 9.17) is 16.3 Å². The van der Waals surface area contributed by atoms with Crippen LogP contribution in [-0.4, -0.2) is 41.3 Å². The van der Waals surface area contributed by atoms with Gasteiger partial charge in [-0.2, -0.15) is 0 Å². The standard InChI is InChI=1S/C23H20ClN5O/c24-18-3-5-19(6-4-18)28-23-20-7-1-16(13-21(20)26-15-27-23)17-2-8-22(25-14-17)29-9-11-30-12-10-29/h1-8,13-15H,9-12H2,(H,26,27,28). The third-order valence-electron chi connectivity index (χ3n) is 5.16. The van der Waals surface area contributed by atoms with Crippen LogP contribution < -0.4 is 10.2 Å². The van der Waals surface area contributed by atoms with Crippen molar-refractivity contribution < 1.29 is 4.74 Å². The van der Waals surface area contributed by atoms with Crippen LogP contribution in [0.1, 0.15) is 0 Å². The second kappa shape index (κ2) is 8.26. The zero-order valence-electron chi connectivity index (χ0n) is 16.3. The fourth-order valence-electron chi connectivity index (χ4n) is 3.54. The van der Waals surface area contributed by atoms with Gasteiger partial charge in [0.15, 0.2) is 0 Å². The van der Waals surface area contributed by atoms with Crippen LogP contribution >= 0.6 is 11.6 Å². The first-order valence-corrected chi connectivity index (χ1v) is 10.2. The van der Waals surface area contributed by atoms with Crippen LogP contribution in [0.5, 0.6) is 0 Å². The topological polar surface area (TPSA) is 63.2 Å². The van der Waals surface area contributed by atoms with E-state index in [1.807, 2.05) is 36.5 Å². The van der Waals surface area contributed by atoms with Gasteiger partial charge < -0.3 is 15.0 Å². The van der Waals surface area contributed by atoms with Gasteiger partial charge in [0.05, 0.1) is 18.7 Å². The van der Waals surface area contributed by atoms with Crippen LogP contribution in [0.15, 0.2) is 67.1 Å². The molecule has 4 aromatic rings. The number of hydrogen-bond acceptors (Lipinski definition) is 6. The molecule has 7 heteroatoms. The summed E-state index contributed by atoms with van der Waals surface area (Å²) in [5, 5.41) is 4.99. The Kier molecular flexibility index (Phi) is 5.17. The molecule has 0 radical (unpaired) electrons. The molecule has 1 aliphatic rings. The first kappa shape index (κ1) is 18.8. The number of halogens is 1. The molecule has 2 aromatic carbocycles. The van der Waals surface area contributed by atoms with E-state index in [0.717, 1.165) is 65.7 Å². The number of pyridine rings is 1. The number of rotatable bonds is 4. The maximum atomic E-state index is 5.97. The van der Waals surface area contributed by atoms with Crippen molar-refractivity contribution >= 4 is 39.8 Å². The summed E-state index contributed by atoms with van der Waals surface area (Å²) >= 11 is 5.97. The molecule has 0 saturated carbocycles. The number of benzene rings is 2. The van der Waals surface area contributed by atoms with Gasteiger partial charge >= 0.3 is 0 Å². The minimum atomic E-state index is 0.700. The molecule has 30 heavy (non-hydrogen) atoms. The lowest BCUT2D eigenvalue weighted by Gasteiger charge is -2.27. The van der Waals surface area contributed by atoms with Gasteiger partial charge in [-0.15, -0.1) is 0 Å². The number of anilines is 3. The molecule has 1 fully saturated rings. The summed E-state index contributed by atoms with van der Waals surface area (Å²) in [6.45, 7) is 3.26. The fraction of sp³-hybridized carbons (Fsp3) is 0.174. The Morgan fingerprint density at radius 2 is 1.67 bits per heavy atom. The molecular weight excluding hydrogens is 398 g/mol. The van der Waals surface area contributed by atoms with Gasteiger partial charge in [0.25, 0.3) is 0 Å². The highest BCUT2D eigenvalue weighted by molar-refractivity contribution is 6.30. The van der Waals surface area contributed by atoms with Crippen molar-refractivity contribution in [3.63, 3.8) is 0 Å². The molecular formula is C23H20ClN5O. The average Bonchev–Trinajstić information content (AvgIpc) is 2.81. The molecule has 0 aliphatic carbocycles. The van der Waals surface area contributed by atoms with Crippen molar-refractivity contribution in [1.82, 2.24) is 15.0 Å². The van der Waals surface area contributed by atoms with Crippen molar-refractivity contribution in [1.29, 1.82) is 0 Å². The zero-order valence-corrected chi connectivity index (χ0v) is 17.0. The second-order valence-electron chi connectivity index (χ2n) is 7.09. The smallest absolute Gasteiger partial charge is 0.141 e. The minimum absolute atomic E-state index is 0.700. The van der Waals surface area contributed by atoms with Crippen LogP contribution in [-0.2, 0) is 4.74 Å². The summed E-state index contributed by atoms with van der Waals surface area (Å²) in [6, 6.07) is 17.9. The Labute approximate surface area is 179 Å². The predicted molar refractivity (Wildman–Crippen MR) is 121 cm³/mol. The molecule has 3 heterocycles. The molecule has 0 spiro atoms. The first-order chi connectivity index (χ1) is 14.8. The molecule has 1 saturated heterocycles. The third-order valence-corrected chi connectivity index (χ3v) is 5.41. The van der Waals surface area contributed by atoms with Crippen LogP contribution in [0, 0.1) is 0 Å². The monoisotopic (exact) mass is 417 g/mol. The number of nitrogens with zero attached hydrogens (tertiary/aromatic N) is 4. The quantitative estimate of drug-likeness (QED) is 0.508. The Morgan fingerprint density at radius 3 is 2.43 bits per heavy atom. The van der Waals surface area contributed by atoms with Crippen molar-refractivity contribution in [3.8, 4) is 11.1 Å². The van der Waals surface area contributed by atoms with E-state index in [1.165, 1.54) is 0 Å². The summed E-state index contributed by atoms with van der Waals surface area (Å²) in [7, 11) is 0. The van der Waals surface area contributed by atoms with Gasteiger partial charge in [-0.3, -0.25) is 0 Å². The lowest BCUT2D eigenvalue weighted by Crippen LogP contribution is -2.36. The average molecular weight is 418 g/mol. The van der Waals surface area contributed by atoms with Crippen molar-refractivity contribution in [2.24, 2.45) is 0 Å². The van der Waals surface area contributed by atoms with Gasteiger partial charge in [-0.05, 0) is 54.1 Å². The van der Waals surface area contributed by atoms with Crippen LogP contribution in [0.2, 0.25) is 5.02 Å². The highest BCUT2D eigenvalue weighted by Crippen LogP contribution is 2.28. The van der Waals surface area contributed by atoms with Gasteiger partial charge in [0.2, 0.25) is 0 Å². The maximum Gasteiger partial charge on any atom is 0.141 e. The molecule has 0 unspecified atom stereocenters. The predicted octanol–water partition coefficient (Wildman–Crippen LogP) is 4.93. The second-order valence-corrected chi connectivity index (χ2v) is 7.53. The summed E-state index contributed by atoms with van der Waals surface area (Å²) in [5.41, 5.74) is 3.92. The highest BCUT2D eigenvalue weighted by Gasteiger charge is 2.12. The van der Waals surface area contributed by atoms with E-state index in [2.05, 4.69) is 49.4 Å². The molecule has 0 atom stereocenters. The van der Waals surface area contributed by atoms with E-state index in [-0.39, 0.29) is 0 Å². The molecule has 6 nitrogen and oxygen atoms in total. The third kappa shape index (κ3) is 3.92. The van der Waals surface area contributed by atoms with Crippen molar-refractivity contribution in [2.75, 3.05) is 36.5 Å². The van der Waals surface area contributed by atoms with Crippen molar-refractivity contribution in [3.05, 3.63) is 72.1 Å². The summed E-state index contributed by atoms with van der Waals surface area (Å²) < 4.78 is 5.41. The number of fused-ring (bicyclic) bond motifs is 1. The number of aromatic nitrogens is 3. The number of morpholine rings is 1. The van der Waals surface area contributed by atoms with Gasteiger partial charge in [-0.1, -0.05) is 17.7 Å². The van der Waals surface area contributed by atoms with Crippen molar-refractivity contribution in [2.45, 2.75) is 0 Å². The van der Waals surface area contributed by atoms with Crippen LogP contribution in [0.4, 0.5) is 17.3 Å². The number of ether oxygens (including phenoxy) is 1. The molecule has 5 rings (SSSR count). The van der Waals surface area contributed by atoms with E-state index in [9.17, 15) is 0 Å². The summed E-state index contributed by atoms with van der Waals surface area (Å²) in [6.07, 6.45) is 3.49. The molecule has 1 N–H and O–H groups in total. The maximum absolute atomic E-state index is 5.97. The van der Waals surface area contributed by atoms with Gasteiger partial charge in [0.1, 0.15) is 18.0 Å². The molecule has 1 aliphatic heterocycles.